The molecule has 1 atom stereocenters. The number of benzene rings is 4. The summed E-state index contributed by atoms with van der Waals surface area (Å²) in [7, 11) is 0. The minimum Gasteiger partial charge on any atom is -0.457 e. The maximum atomic E-state index is 12.6. The number of non-ortho nitro benzene ring substituents is 1. The van der Waals surface area contributed by atoms with E-state index >= 15 is 0 Å². The number of esters is 1. The van der Waals surface area contributed by atoms with Gasteiger partial charge >= 0.3 is 5.97 Å². The van der Waals surface area contributed by atoms with E-state index in [2.05, 4.69) is 6.07 Å². The summed E-state index contributed by atoms with van der Waals surface area (Å²) in [6.07, 6.45) is 0. The van der Waals surface area contributed by atoms with E-state index in [9.17, 15) is 20.2 Å². The summed E-state index contributed by atoms with van der Waals surface area (Å²) in [6.45, 7) is 0. The summed E-state index contributed by atoms with van der Waals surface area (Å²) in [4.78, 5) is 22.9. The number of carbonyl (C=O) groups excluding carboxylic acids is 1. The summed E-state index contributed by atoms with van der Waals surface area (Å²) in [5.41, 5.74) is 7.78. The Morgan fingerprint density at radius 1 is 0.921 bits per heavy atom. The molecule has 2 N–H and O–H groups in total. The van der Waals surface area contributed by atoms with Gasteiger partial charge in [-0.05, 0) is 48.0 Å². The van der Waals surface area contributed by atoms with Crippen LogP contribution in [0.2, 0.25) is 0 Å². The van der Waals surface area contributed by atoms with E-state index in [1.807, 2.05) is 54.6 Å². The summed E-state index contributed by atoms with van der Waals surface area (Å²) >= 11 is 0. The number of fused-ring (bicyclic) bond motifs is 1. The zero-order valence-corrected chi connectivity index (χ0v) is 19.7. The Morgan fingerprint density at radius 2 is 1.66 bits per heavy atom. The van der Waals surface area contributed by atoms with Gasteiger partial charge in [-0.25, -0.2) is 4.79 Å². The standard InChI is InChI=1S/C29H19N3O6/c30-17-25-27(19-5-4-8-22(15-19)36-21-6-2-1-3-7-21)24-14-13-23(16-26(24)38-28(25)31)37-29(33)18-9-11-20(12-10-18)32(34)35/h1-16,27H,31H2. The molecule has 5 rings (SSSR count). The number of rotatable bonds is 6. The average Bonchev–Trinajstić information content (AvgIpc) is 2.93. The molecule has 0 amide bonds. The smallest absolute Gasteiger partial charge is 0.343 e. The van der Waals surface area contributed by atoms with Gasteiger partial charge < -0.3 is 19.9 Å². The van der Waals surface area contributed by atoms with E-state index in [1.165, 1.54) is 30.3 Å². The van der Waals surface area contributed by atoms with E-state index in [1.54, 1.807) is 12.1 Å². The van der Waals surface area contributed by atoms with Gasteiger partial charge in [-0.3, -0.25) is 10.1 Å². The SMILES string of the molecule is N#CC1=C(N)Oc2cc(OC(=O)c3ccc([N+](=O)[O-])cc3)ccc2C1c1cccc(Oc2ccccc2)c1. The third kappa shape index (κ3) is 4.87. The molecule has 38 heavy (non-hydrogen) atoms. The van der Waals surface area contributed by atoms with E-state index in [0.717, 1.165) is 5.56 Å². The largest absolute Gasteiger partial charge is 0.457 e. The number of nitrogens with zero attached hydrogens (tertiary/aromatic N) is 2. The molecule has 4 aromatic carbocycles. The number of nitro groups is 1. The molecule has 0 spiro atoms. The first kappa shape index (κ1) is 24.1. The highest BCUT2D eigenvalue weighted by Crippen LogP contribution is 2.44. The number of ether oxygens (including phenoxy) is 3. The molecule has 9 nitrogen and oxygen atoms in total. The van der Waals surface area contributed by atoms with Crippen LogP contribution in [0.25, 0.3) is 0 Å². The van der Waals surface area contributed by atoms with Crippen molar-refractivity contribution in [3.63, 3.8) is 0 Å². The topological polar surface area (TPSA) is 138 Å². The Labute approximate surface area is 217 Å². The van der Waals surface area contributed by atoms with Crippen LogP contribution in [-0.4, -0.2) is 10.9 Å². The molecular weight excluding hydrogens is 486 g/mol. The van der Waals surface area contributed by atoms with Gasteiger partial charge in [0.1, 0.15) is 34.6 Å². The Kier molecular flexibility index (Phi) is 6.44. The predicted octanol–water partition coefficient (Wildman–Crippen LogP) is 5.82. The molecule has 0 fully saturated rings. The summed E-state index contributed by atoms with van der Waals surface area (Å²) in [6, 6.07) is 28.7. The van der Waals surface area contributed by atoms with Gasteiger partial charge in [-0.1, -0.05) is 36.4 Å². The van der Waals surface area contributed by atoms with Crippen LogP contribution in [0, 0.1) is 21.4 Å². The number of para-hydroxylation sites is 1. The van der Waals surface area contributed by atoms with Crippen molar-refractivity contribution >= 4 is 11.7 Å². The molecule has 0 radical (unpaired) electrons. The molecule has 1 heterocycles. The fourth-order valence-corrected chi connectivity index (χ4v) is 4.11. The lowest BCUT2D eigenvalue weighted by Crippen LogP contribution is -2.21. The van der Waals surface area contributed by atoms with Crippen LogP contribution < -0.4 is 19.9 Å². The Hall–Kier alpha value is -5.62. The fourth-order valence-electron chi connectivity index (χ4n) is 4.11. The van der Waals surface area contributed by atoms with Crippen molar-refractivity contribution in [3.05, 3.63) is 135 Å². The van der Waals surface area contributed by atoms with Gasteiger partial charge in [-0.2, -0.15) is 5.26 Å². The number of allylic oxidation sites excluding steroid dienone is 1. The molecule has 1 aliphatic rings. The first-order valence-corrected chi connectivity index (χ1v) is 11.4. The number of carbonyl (C=O) groups is 1. The Bertz CT molecular complexity index is 1610. The van der Waals surface area contributed by atoms with Gasteiger partial charge in [0.2, 0.25) is 5.88 Å². The molecule has 9 heteroatoms. The molecule has 1 unspecified atom stereocenters. The van der Waals surface area contributed by atoms with E-state index in [0.29, 0.717) is 22.8 Å². The van der Waals surface area contributed by atoms with Crippen molar-refractivity contribution in [3.8, 4) is 29.1 Å². The molecule has 0 saturated heterocycles. The maximum Gasteiger partial charge on any atom is 0.343 e. The first-order chi connectivity index (χ1) is 18.4. The number of hydrogen-bond acceptors (Lipinski definition) is 8. The monoisotopic (exact) mass is 505 g/mol. The molecular formula is C29H19N3O6. The van der Waals surface area contributed by atoms with Gasteiger partial charge in [0.15, 0.2) is 0 Å². The quantitative estimate of drug-likeness (QED) is 0.150. The number of hydrogen-bond donors (Lipinski definition) is 1. The van der Waals surface area contributed by atoms with Crippen molar-refractivity contribution in [1.29, 1.82) is 5.26 Å². The van der Waals surface area contributed by atoms with Crippen molar-refractivity contribution in [1.82, 2.24) is 0 Å². The third-order valence-corrected chi connectivity index (χ3v) is 5.89. The average molecular weight is 505 g/mol. The second-order valence-electron chi connectivity index (χ2n) is 8.31. The minimum atomic E-state index is -0.695. The summed E-state index contributed by atoms with van der Waals surface area (Å²) in [5.74, 6) is 0.480. The predicted molar refractivity (Wildman–Crippen MR) is 137 cm³/mol. The minimum absolute atomic E-state index is 0.0572. The van der Waals surface area contributed by atoms with Crippen LogP contribution in [0.1, 0.15) is 27.4 Å². The molecule has 0 saturated carbocycles. The van der Waals surface area contributed by atoms with Crippen molar-refractivity contribution < 1.29 is 23.9 Å². The number of nitrogens with two attached hydrogens (primary N) is 1. The Balaban J connectivity index is 1.44. The molecule has 0 aromatic heterocycles. The molecule has 0 aliphatic carbocycles. The van der Waals surface area contributed by atoms with Crippen LogP contribution in [0.5, 0.6) is 23.0 Å². The molecule has 0 bridgehead atoms. The lowest BCUT2D eigenvalue weighted by atomic mass is 9.83. The summed E-state index contributed by atoms with van der Waals surface area (Å²) < 4.78 is 17.1. The zero-order chi connectivity index (χ0) is 26.6. The molecule has 1 aliphatic heterocycles. The van der Waals surface area contributed by atoms with E-state index in [4.69, 9.17) is 19.9 Å². The third-order valence-electron chi connectivity index (χ3n) is 5.89. The van der Waals surface area contributed by atoms with Crippen LogP contribution >= 0.6 is 0 Å². The van der Waals surface area contributed by atoms with Gasteiger partial charge in [0.05, 0.1) is 16.4 Å². The maximum absolute atomic E-state index is 12.6. The lowest BCUT2D eigenvalue weighted by Gasteiger charge is -2.27. The molecule has 186 valence electrons. The van der Waals surface area contributed by atoms with Gasteiger partial charge in [0.25, 0.3) is 5.69 Å². The van der Waals surface area contributed by atoms with Crippen LogP contribution in [-0.2, 0) is 0 Å². The number of nitriles is 1. The van der Waals surface area contributed by atoms with Gasteiger partial charge in [0, 0.05) is 23.8 Å². The fraction of sp³-hybridized carbons (Fsp3) is 0.0345. The van der Waals surface area contributed by atoms with Crippen molar-refractivity contribution in [2.45, 2.75) is 5.92 Å². The highest BCUT2D eigenvalue weighted by molar-refractivity contribution is 5.91. The van der Waals surface area contributed by atoms with E-state index in [-0.39, 0.29) is 28.5 Å². The van der Waals surface area contributed by atoms with Crippen LogP contribution in [0.15, 0.2) is 109 Å². The highest BCUT2D eigenvalue weighted by atomic mass is 16.6. The summed E-state index contributed by atoms with van der Waals surface area (Å²) in [5, 5.41) is 20.7. The normalized spacial score (nSPS) is 14.0. The van der Waals surface area contributed by atoms with Crippen LogP contribution in [0.4, 0.5) is 5.69 Å². The van der Waals surface area contributed by atoms with Crippen molar-refractivity contribution in [2.75, 3.05) is 0 Å². The second kappa shape index (κ2) is 10.2. The van der Waals surface area contributed by atoms with Gasteiger partial charge in [-0.15, -0.1) is 0 Å². The first-order valence-electron chi connectivity index (χ1n) is 11.4. The molecule has 4 aromatic rings. The second-order valence-corrected chi connectivity index (χ2v) is 8.31. The van der Waals surface area contributed by atoms with E-state index < -0.39 is 16.8 Å². The highest BCUT2D eigenvalue weighted by Gasteiger charge is 2.31. The van der Waals surface area contributed by atoms with Crippen LogP contribution in [0.3, 0.4) is 0 Å². The lowest BCUT2D eigenvalue weighted by molar-refractivity contribution is -0.384. The zero-order valence-electron chi connectivity index (χ0n) is 19.7. The number of nitro benzene ring substituents is 1. The van der Waals surface area contributed by atoms with Crippen molar-refractivity contribution in [2.24, 2.45) is 5.73 Å². The Morgan fingerprint density at radius 3 is 2.37 bits per heavy atom.